The molecule has 3 heterocycles. The number of carbonyl (C=O) groups is 4. The molecule has 0 aliphatic carbocycles. The largest absolute Gasteiger partial charge is 0.463 e. The first kappa shape index (κ1) is 25.0. The molecule has 0 unspecified atom stereocenters. The first-order chi connectivity index (χ1) is 18.3. The SMILES string of the molecule is COC(=O)c1ccc(Cn2cc(/C=C3\SC(=O)N(CC(=O)Nc4ccccc4F)C3=O)c3ccccc32)o1. The molecule has 38 heavy (non-hydrogen) atoms. The number of ether oxygens (including phenoxy) is 1. The number of fused-ring (bicyclic) bond motifs is 1. The predicted molar refractivity (Wildman–Crippen MR) is 139 cm³/mol. The first-order valence-corrected chi connectivity index (χ1v) is 12.2. The van der Waals surface area contributed by atoms with E-state index in [2.05, 4.69) is 10.1 Å². The molecule has 192 valence electrons. The van der Waals surface area contributed by atoms with E-state index in [4.69, 9.17) is 4.42 Å². The third kappa shape index (κ3) is 4.96. The number of rotatable bonds is 7. The Hall–Kier alpha value is -4.64. The number of aromatic nitrogens is 1. The lowest BCUT2D eigenvalue weighted by molar-refractivity contribution is -0.127. The zero-order valence-electron chi connectivity index (χ0n) is 20.0. The van der Waals surface area contributed by atoms with Crippen LogP contribution in [0.4, 0.5) is 14.9 Å². The van der Waals surface area contributed by atoms with Crippen LogP contribution in [0.15, 0.2) is 76.2 Å². The van der Waals surface area contributed by atoms with Crippen molar-refractivity contribution in [2.45, 2.75) is 6.54 Å². The second-order valence-corrected chi connectivity index (χ2v) is 9.28. The van der Waals surface area contributed by atoms with E-state index in [1.807, 2.05) is 35.0 Å². The second kappa shape index (κ2) is 10.4. The summed E-state index contributed by atoms with van der Waals surface area (Å²) in [6, 6.07) is 16.3. The van der Waals surface area contributed by atoms with Gasteiger partial charge in [0, 0.05) is 22.7 Å². The van der Waals surface area contributed by atoms with Crippen molar-refractivity contribution in [1.29, 1.82) is 0 Å². The fraction of sp³-hybridized carbons (Fsp3) is 0.111. The number of halogens is 1. The summed E-state index contributed by atoms with van der Waals surface area (Å²) in [5, 5.41) is 2.61. The van der Waals surface area contributed by atoms with Gasteiger partial charge in [-0.05, 0) is 48.2 Å². The smallest absolute Gasteiger partial charge is 0.373 e. The van der Waals surface area contributed by atoms with Crippen LogP contribution in [0, 0.1) is 5.82 Å². The molecule has 2 aromatic heterocycles. The topological polar surface area (TPSA) is 111 Å². The maximum Gasteiger partial charge on any atom is 0.373 e. The number of esters is 1. The molecule has 9 nitrogen and oxygen atoms in total. The number of thioether (sulfide) groups is 1. The number of furan rings is 1. The Kier molecular flexibility index (Phi) is 6.84. The minimum atomic E-state index is -0.694. The molecule has 1 saturated heterocycles. The molecule has 0 radical (unpaired) electrons. The highest BCUT2D eigenvalue weighted by atomic mass is 32.2. The summed E-state index contributed by atoms with van der Waals surface area (Å²) in [7, 11) is 1.27. The minimum Gasteiger partial charge on any atom is -0.463 e. The number of amides is 3. The Bertz CT molecular complexity index is 1620. The Morgan fingerprint density at radius 2 is 1.84 bits per heavy atom. The number of carbonyl (C=O) groups excluding carboxylic acids is 4. The van der Waals surface area contributed by atoms with Crippen molar-refractivity contribution in [3.05, 3.63) is 94.7 Å². The van der Waals surface area contributed by atoms with Gasteiger partial charge in [0.1, 0.15) is 18.1 Å². The normalized spacial score (nSPS) is 14.5. The van der Waals surface area contributed by atoms with Crippen LogP contribution < -0.4 is 5.32 Å². The van der Waals surface area contributed by atoms with Crippen LogP contribution in [0.25, 0.3) is 17.0 Å². The lowest BCUT2D eigenvalue weighted by Crippen LogP contribution is -2.36. The number of nitrogens with one attached hydrogen (secondary N) is 1. The highest BCUT2D eigenvalue weighted by Gasteiger charge is 2.36. The number of benzene rings is 2. The van der Waals surface area contributed by atoms with Crippen LogP contribution in [-0.4, -0.2) is 46.1 Å². The van der Waals surface area contributed by atoms with Gasteiger partial charge in [-0.1, -0.05) is 30.3 Å². The molecule has 3 amide bonds. The Balaban J connectivity index is 1.37. The van der Waals surface area contributed by atoms with Gasteiger partial charge in [-0.3, -0.25) is 19.3 Å². The third-order valence-electron chi connectivity index (χ3n) is 5.80. The van der Waals surface area contributed by atoms with E-state index < -0.39 is 35.4 Å². The number of imide groups is 1. The number of hydrogen-bond donors (Lipinski definition) is 1. The molecule has 11 heteroatoms. The van der Waals surface area contributed by atoms with E-state index in [-0.39, 0.29) is 16.4 Å². The van der Waals surface area contributed by atoms with Crippen LogP contribution in [0.1, 0.15) is 21.9 Å². The summed E-state index contributed by atoms with van der Waals surface area (Å²) in [5.41, 5.74) is 1.49. The molecular weight excluding hydrogens is 513 g/mol. The van der Waals surface area contributed by atoms with Crippen LogP contribution >= 0.6 is 11.8 Å². The van der Waals surface area contributed by atoms with Gasteiger partial charge in [0.15, 0.2) is 0 Å². The van der Waals surface area contributed by atoms with Gasteiger partial charge >= 0.3 is 5.97 Å². The lowest BCUT2D eigenvalue weighted by Gasteiger charge is -2.12. The van der Waals surface area contributed by atoms with Crippen molar-refractivity contribution < 1.29 is 32.7 Å². The molecule has 1 fully saturated rings. The summed E-state index contributed by atoms with van der Waals surface area (Å²) in [6.07, 6.45) is 3.41. The van der Waals surface area contributed by atoms with Crippen molar-refractivity contribution in [1.82, 2.24) is 9.47 Å². The number of para-hydroxylation sites is 2. The summed E-state index contributed by atoms with van der Waals surface area (Å²) in [4.78, 5) is 50.6. The molecule has 0 atom stereocenters. The third-order valence-corrected chi connectivity index (χ3v) is 6.71. The highest BCUT2D eigenvalue weighted by Crippen LogP contribution is 2.34. The van der Waals surface area contributed by atoms with Gasteiger partial charge in [-0.15, -0.1) is 0 Å². The van der Waals surface area contributed by atoms with Crippen molar-refractivity contribution in [2.75, 3.05) is 19.0 Å². The van der Waals surface area contributed by atoms with Crippen molar-refractivity contribution in [3.8, 4) is 0 Å². The molecule has 5 rings (SSSR count). The first-order valence-electron chi connectivity index (χ1n) is 11.4. The zero-order chi connectivity index (χ0) is 26.8. The van der Waals surface area contributed by atoms with Gasteiger partial charge in [-0.25, -0.2) is 9.18 Å². The molecule has 0 saturated carbocycles. The van der Waals surface area contributed by atoms with E-state index in [0.717, 1.165) is 27.6 Å². The van der Waals surface area contributed by atoms with Crippen LogP contribution in [-0.2, 0) is 20.9 Å². The minimum absolute atomic E-state index is 0.0388. The van der Waals surface area contributed by atoms with Crippen LogP contribution in [0.5, 0.6) is 0 Å². The van der Waals surface area contributed by atoms with E-state index in [1.54, 1.807) is 18.2 Å². The monoisotopic (exact) mass is 533 g/mol. The maximum absolute atomic E-state index is 13.8. The number of anilines is 1. The Morgan fingerprint density at radius 3 is 2.63 bits per heavy atom. The van der Waals surface area contributed by atoms with Crippen molar-refractivity contribution in [3.63, 3.8) is 0 Å². The predicted octanol–water partition coefficient (Wildman–Crippen LogP) is 4.88. The van der Waals surface area contributed by atoms with Gasteiger partial charge in [0.2, 0.25) is 11.7 Å². The molecule has 2 aromatic carbocycles. The average Bonchev–Trinajstić information content (AvgIpc) is 3.59. The Labute approximate surface area is 219 Å². The molecule has 0 spiro atoms. The van der Waals surface area contributed by atoms with Gasteiger partial charge in [-0.2, -0.15) is 0 Å². The molecule has 1 N–H and O–H groups in total. The van der Waals surface area contributed by atoms with E-state index in [1.165, 1.54) is 31.4 Å². The summed E-state index contributed by atoms with van der Waals surface area (Å²) < 4.78 is 26.0. The zero-order valence-corrected chi connectivity index (χ0v) is 20.8. The van der Waals surface area contributed by atoms with Crippen molar-refractivity contribution >= 4 is 57.5 Å². The second-order valence-electron chi connectivity index (χ2n) is 8.28. The fourth-order valence-corrected chi connectivity index (χ4v) is 4.86. The maximum atomic E-state index is 13.8. The standard InChI is InChI=1S/C27H20FN3O6S/c1-36-26(34)22-11-10-17(37-22)14-30-13-16(18-6-2-5-9-21(18)30)12-23-25(33)31(27(35)38-23)15-24(32)29-20-8-4-3-7-19(20)28/h2-13H,14-15H2,1H3,(H,29,32)/b23-12-. The number of hydrogen-bond acceptors (Lipinski definition) is 7. The number of nitrogens with zero attached hydrogens (tertiary/aromatic N) is 2. The van der Waals surface area contributed by atoms with E-state index >= 15 is 0 Å². The molecule has 1 aliphatic rings. The van der Waals surface area contributed by atoms with Gasteiger partial charge in [0.05, 0.1) is 24.2 Å². The fourth-order valence-electron chi connectivity index (χ4n) is 4.04. The lowest BCUT2D eigenvalue weighted by atomic mass is 10.1. The van der Waals surface area contributed by atoms with Crippen LogP contribution in [0.3, 0.4) is 0 Å². The number of methoxy groups -OCH3 is 1. The van der Waals surface area contributed by atoms with Gasteiger partial charge in [0.25, 0.3) is 11.1 Å². The molecule has 1 aliphatic heterocycles. The van der Waals surface area contributed by atoms with Crippen LogP contribution in [0.2, 0.25) is 0 Å². The Morgan fingerprint density at radius 1 is 1.08 bits per heavy atom. The average molecular weight is 534 g/mol. The highest BCUT2D eigenvalue weighted by molar-refractivity contribution is 8.18. The quantitative estimate of drug-likeness (QED) is 0.266. The van der Waals surface area contributed by atoms with E-state index in [9.17, 15) is 23.6 Å². The van der Waals surface area contributed by atoms with Crippen molar-refractivity contribution in [2.24, 2.45) is 0 Å². The molecule has 4 aromatic rings. The summed E-state index contributed by atoms with van der Waals surface area (Å²) in [5.74, 6) is -1.89. The van der Waals surface area contributed by atoms with Gasteiger partial charge < -0.3 is 19.0 Å². The summed E-state index contributed by atoms with van der Waals surface area (Å²) in [6.45, 7) is -0.234. The molecule has 0 bridgehead atoms. The van der Waals surface area contributed by atoms with E-state index in [0.29, 0.717) is 17.9 Å². The summed E-state index contributed by atoms with van der Waals surface area (Å²) >= 11 is 0.724. The molecular formula is C27H20FN3O6S.